The molecule has 0 N–H and O–H groups in total. The number of unbranched alkanes of at least 4 members (excludes halogenated alkanes) is 7. The molecule has 0 radical (unpaired) electrons. The number of ether oxygens (including phenoxy) is 2. The van der Waals surface area contributed by atoms with Gasteiger partial charge in [0, 0.05) is 0 Å². The molecule has 0 amide bonds. The lowest BCUT2D eigenvalue weighted by atomic mass is 9.91. The van der Waals surface area contributed by atoms with E-state index in [-0.39, 0.29) is 17.4 Å². The predicted molar refractivity (Wildman–Crippen MR) is 131 cm³/mol. The Labute approximate surface area is 193 Å². The fourth-order valence-corrected chi connectivity index (χ4v) is 3.52. The van der Waals surface area contributed by atoms with E-state index in [4.69, 9.17) is 9.47 Å². The van der Waals surface area contributed by atoms with Crippen molar-refractivity contribution in [2.24, 2.45) is 5.41 Å². The van der Waals surface area contributed by atoms with Crippen LogP contribution < -0.4 is 0 Å². The quantitative estimate of drug-likeness (QED) is 0.220. The molecule has 0 aliphatic heterocycles. The van der Waals surface area contributed by atoms with Gasteiger partial charge in [-0.1, -0.05) is 87.9 Å². The molecule has 2 aromatic rings. The van der Waals surface area contributed by atoms with Gasteiger partial charge in [0.05, 0.1) is 25.0 Å². The maximum atomic E-state index is 12.1. The number of carbonyl (C=O) groups excluding carboxylic acids is 2. The summed E-state index contributed by atoms with van der Waals surface area (Å²) in [5.74, 6) is -0.235. The molecule has 0 heterocycles. The maximum Gasteiger partial charge on any atom is 0.311 e. The molecule has 0 fully saturated rings. The average molecular weight is 441 g/mol. The van der Waals surface area contributed by atoms with Crippen LogP contribution in [0.1, 0.15) is 84.1 Å². The third-order valence-electron chi connectivity index (χ3n) is 6.13. The van der Waals surface area contributed by atoms with Crippen LogP contribution in [0.2, 0.25) is 0 Å². The Morgan fingerprint density at radius 1 is 0.750 bits per heavy atom. The molecular weight excluding hydrogens is 400 g/mol. The maximum absolute atomic E-state index is 12.1. The predicted octanol–water partition coefficient (Wildman–Crippen LogP) is 7.03. The van der Waals surface area contributed by atoms with Crippen LogP contribution in [-0.4, -0.2) is 25.2 Å². The van der Waals surface area contributed by atoms with Crippen LogP contribution in [-0.2, 0) is 25.5 Å². The normalized spacial score (nSPS) is 11.5. The van der Waals surface area contributed by atoms with E-state index >= 15 is 0 Å². The molecule has 4 heteroatoms. The molecule has 32 heavy (non-hydrogen) atoms. The highest BCUT2D eigenvalue weighted by Gasteiger charge is 2.26. The largest absolute Gasteiger partial charge is 0.465 e. The van der Waals surface area contributed by atoms with E-state index in [9.17, 15) is 9.59 Å². The molecule has 0 aliphatic rings. The van der Waals surface area contributed by atoms with Crippen LogP contribution in [0.5, 0.6) is 0 Å². The molecule has 0 atom stereocenters. The Balaban J connectivity index is 1.42. The van der Waals surface area contributed by atoms with E-state index in [2.05, 4.69) is 24.3 Å². The van der Waals surface area contributed by atoms with Gasteiger partial charge in [0.1, 0.15) is 0 Å². The van der Waals surface area contributed by atoms with Crippen LogP contribution in [0.25, 0.3) is 10.8 Å². The minimum absolute atomic E-state index is 0.0852. The number of esters is 2. The van der Waals surface area contributed by atoms with Crippen molar-refractivity contribution in [2.75, 3.05) is 13.2 Å². The molecule has 2 rings (SSSR count). The van der Waals surface area contributed by atoms with Gasteiger partial charge >= 0.3 is 11.9 Å². The highest BCUT2D eigenvalue weighted by Crippen LogP contribution is 2.21. The van der Waals surface area contributed by atoms with Gasteiger partial charge in [0.25, 0.3) is 0 Å². The Morgan fingerprint density at radius 3 is 1.94 bits per heavy atom. The van der Waals surface area contributed by atoms with E-state index in [1.165, 1.54) is 31.1 Å². The number of hydrogen-bond donors (Lipinski definition) is 0. The van der Waals surface area contributed by atoms with E-state index in [1.807, 2.05) is 39.0 Å². The highest BCUT2D eigenvalue weighted by molar-refractivity contribution is 5.84. The lowest BCUT2D eigenvalue weighted by molar-refractivity contribution is -0.154. The first-order valence-corrected chi connectivity index (χ1v) is 12.2. The summed E-state index contributed by atoms with van der Waals surface area (Å²) in [5, 5.41) is 2.34. The molecule has 176 valence electrons. The topological polar surface area (TPSA) is 52.6 Å². The highest BCUT2D eigenvalue weighted by atomic mass is 16.5. The van der Waals surface area contributed by atoms with Gasteiger partial charge in [-0.3, -0.25) is 9.59 Å². The van der Waals surface area contributed by atoms with Crippen LogP contribution in [0.3, 0.4) is 0 Å². The van der Waals surface area contributed by atoms with Crippen molar-refractivity contribution < 1.29 is 19.1 Å². The minimum Gasteiger partial charge on any atom is -0.465 e. The van der Waals surface area contributed by atoms with Gasteiger partial charge in [-0.15, -0.1) is 0 Å². The van der Waals surface area contributed by atoms with E-state index in [0.717, 1.165) is 43.1 Å². The Bertz CT molecular complexity index is 840. The summed E-state index contributed by atoms with van der Waals surface area (Å²) >= 11 is 0. The first-order valence-electron chi connectivity index (χ1n) is 12.2. The van der Waals surface area contributed by atoms with Gasteiger partial charge < -0.3 is 9.47 Å². The molecule has 2 aromatic carbocycles. The van der Waals surface area contributed by atoms with Crippen molar-refractivity contribution in [3.05, 3.63) is 48.0 Å². The monoisotopic (exact) mass is 440 g/mol. The van der Waals surface area contributed by atoms with Crippen LogP contribution >= 0.6 is 0 Å². The zero-order valence-electron chi connectivity index (χ0n) is 20.2. The summed E-state index contributed by atoms with van der Waals surface area (Å²) in [4.78, 5) is 24.0. The van der Waals surface area contributed by atoms with E-state index in [1.54, 1.807) is 0 Å². The summed E-state index contributed by atoms with van der Waals surface area (Å²) in [6, 6.07) is 14.3. The molecule has 0 saturated carbocycles. The number of hydrogen-bond acceptors (Lipinski definition) is 4. The van der Waals surface area contributed by atoms with E-state index in [0.29, 0.717) is 19.6 Å². The van der Waals surface area contributed by atoms with Crippen LogP contribution in [0.15, 0.2) is 42.5 Å². The summed E-state index contributed by atoms with van der Waals surface area (Å²) < 4.78 is 10.8. The van der Waals surface area contributed by atoms with E-state index < -0.39 is 0 Å². The second-order valence-corrected chi connectivity index (χ2v) is 9.28. The first kappa shape index (κ1) is 25.9. The fraction of sp³-hybridized carbons (Fsp3) is 0.571. The number of fused-ring (bicyclic) bond motifs is 1. The average Bonchev–Trinajstić information content (AvgIpc) is 2.79. The molecule has 0 unspecified atom stereocenters. The first-order chi connectivity index (χ1) is 15.4. The molecular formula is C28H40O4. The van der Waals surface area contributed by atoms with Crippen molar-refractivity contribution in [3.63, 3.8) is 0 Å². The third-order valence-corrected chi connectivity index (χ3v) is 6.13. The van der Waals surface area contributed by atoms with Crippen LogP contribution in [0.4, 0.5) is 0 Å². The Kier molecular flexibility index (Phi) is 11.3. The Hall–Kier alpha value is -2.36. The lowest BCUT2D eigenvalue weighted by Crippen LogP contribution is -2.26. The van der Waals surface area contributed by atoms with Crippen molar-refractivity contribution in [3.8, 4) is 0 Å². The fourth-order valence-electron chi connectivity index (χ4n) is 3.52. The smallest absolute Gasteiger partial charge is 0.311 e. The van der Waals surface area contributed by atoms with Gasteiger partial charge in [0.2, 0.25) is 0 Å². The second-order valence-electron chi connectivity index (χ2n) is 9.28. The van der Waals surface area contributed by atoms with Crippen molar-refractivity contribution in [1.29, 1.82) is 0 Å². The van der Waals surface area contributed by atoms with Crippen molar-refractivity contribution in [1.82, 2.24) is 0 Å². The Morgan fingerprint density at radius 2 is 1.31 bits per heavy atom. The molecule has 0 saturated heterocycles. The van der Waals surface area contributed by atoms with Gasteiger partial charge in [-0.2, -0.15) is 0 Å². The molecule has 0 aromatic heterocycles. The second kappa shape index (κ2) is 13.9. The molecule has 4 nitrogen and oxygen atoms in total. The van der Waals surface area contributed by atoms with Gasteiger partial charge in [-0.25, -0.2) is 0 Å². The summed E-state index contributed by atoms with van der Waals surface area (Å²) in [7, 11) is 0. The minimum atomic E-state index is -0.370. The van der Waals surface area contributed by atoms with Crippen LogP contribution in [0, 0.1) is 5.41 Å². The SMILES string of the molecule is CCC(C)(C)C(=O)OCCCCCCCCCCOC(=O)Cc1ccc2ccccc2c1. The number of rotatable bonds is 15. The summed E-state index contributed by atoms with van der Waals surface area (Å²) in [6.07, 6.45) is 9.94. The number of benzene rings is 2. The lowest BCUT2D eigenvalue weighted by Gasteiger charge is -2.20. The number of carbonyl (C=O) groups is 2. The zero-order valence-corrected chi connectivity index (χ0v) is 20.2. The zero-order chi connectivity index (χ0) is 23.2. The van der Waals surface area contributed by atoms with Gasteiger partial charge in [-0.05, 0) is 49.4 Å². The molecule has 0 bridgehead atoms. The molecule has 0 aliphatic carbocycles. The molecule has 0 spiro atoms. The summed E-state index contributed by atoms with van der Waals surface area (Å²) in [6.45, 7) is 6.92. The van der Waals surface area contributed by atoms with Crippen molar-refractivity contribution in [2.45, 2.75) is 85.0 Å². The standard InChI is InChI=1S/C28H40O4/c1-4-28(2,3)27(30)32-20-14-10-8-6-5-7-9-13-19-31-26(29)22-23-17-18-24-15-11-12-16-25(24)21-23/h11-12,15-18,21H,4-10,13-14,19-20,22H2,1-3H3. The van der Waals surface area contributed by atoms with Gasteiger partial charge in [0.15, 0.2) is 0 Å². The summed E-state index contributed by atoms with van der Waals surface area (Å²) in [5.41, 5.74) is 0.627. The van der Waals surface area contributed by atoms with Crippen molar-refractivity contribution >= 4 is 22.7 Å². The third kappa shape index (κ3) is 9.42.